The molecule has 3 aromatic carbocycles. The van der Waals surface area contributed by atoms with Gasteiger partial charge in [0.05, 0.1) is 6.04 Å². The Morgan fingerprint density at radius 3 is 2.37 bits per heavy atom. The Bertz CT molecular complexity index is 1340. The number of halogens is 2. The van der Waals surface area contributed by atoms with Gasteiger partial charge < -0.3 is 15.1 Å². The van der Waals surface area contributed by atoms with Crippen LogP contribution in [0.15, 0.2) is 81.7 Å². The number of anilines is 1. The van der Waals surface area contributed by atoms with Gasteiger partial charge in [-0.25, -0.2) is 9.37 Å². The van der Waals surface area contributed by atoms with Gasteiger partial charge >= 0.3 is 0 Å². The summed E-state index contributed by atoms with van der Waals surface area (Å²) in [6.45, 7) is 2.32. The van der Waals surface area contributed by atoms with Gasteiger partial charge in [-0.05, 0) is 79.6 Å². The Morgan fingerprint density at radius 1 is 1.03 bits per heavy atom. The van der Waals surface area contributed by atoms with Crippen molar-refractivity contribution in [1.29, 1.82) is 0 Å². The summed E-state index contributed by atoms with van der Waals surface area (Å²) in [5.41, 5.74) is 9.66. The molecule has 5 rings (SSSR count). The molecule has 8 heteroatoms. The van der Waals surface area contributed by atoms with Crippen molar-refractivity contribution < 1.29 is 13.6 Å². The van der Waals surface area contributed by atoms with E-state index in [2.05, 4.69) is 21.2 Å². The van der Waals surface area contributed by atoms with Crippen molar-refractivity contribution in [2.24, 2.45) is 0 Å². The Labute approximate surface area is 211 Å². The largest absolute Gasteiger partial charge is 0.437 e. The van der Waals surface area contributed by atoms with E-state index in [-0.39, 0.29) is 17.8 Å². The zero-order valence-corrected chi connectivity index (χ0v) is 20.6. The number of benzene rings is 3. The van der Waals surface area contributed by atoms with Gasteiger partial charge in [0.15, 0.2) is 5.76 Å². The van der Waals surface area contributed by atoms with Gasteiger partial charge in [0.2, 0.25) is 11.8 Å². The van der Waals surface area contributed by atoms with Gasteiger partial charge in [-0.15, -0.1) is 0 Å². The topological polar surface area (TPSA) is 84.4 Å². The SMILES string of the molecule is C[C@@H]1N[C@@H](c2oc(-c3ccc(Br)cc3)nc2-c2ccc(F)cc2)N(CCc2ccc(N)cc2)C1=O. The first-order chi connectivity index (χ1) is 16.9. The summed E-state index contributed by atoms with van der Waals surface area (Å²) in [6, 6.07) is 21.0. The lowest BCUT2D eigenvalue weighted by atomic mass is 10.1. The highest BCUT2D eigenvalue weighted by Crippen LogP contribution is 2.37. The monoisotopic (exact) mass is 534 g/mol. The lowest BCUT2D eigenvalue weighted by Crippen LogP contribution is -2.32. The molecular weight excluding hydrogens is 511 g/mol. The second kappa shape index (κ2) is 9.64. The average Bonchev–Trinajstić information content (AvgIpc) is 3.41. The van der Waals surface area contributed by atoms with E-state index in [1.807, 2.05) is 55.5 Å². The smallest absolute Gasteiger partial charge is 0.241 e. The van der Waals surface area contributed by atoms with Crippen LogP contribution in [0.2, 0.25) is 0 Å². The number of hydrogen-bond donors (Lipinski definition) is 2. The molecule has 0 radical (unpaired) electrons. The van der Waals surface area contributed by atoms with Gasteiger partial charge in [-0.2, -0.15) is 0 Å². The Morgan fingerprint density at radius 2 is 1.69 bits per heavy atom. The number of oxazole rings is 1. The molecule has 0 bridgehead atoms. The molecule has 1 aromatic heterocycles. The first-order valence-corrected chi connectivity index (χ1v) is 12.1. The van der Waals surface area contributed by atoms with Crippen LogP contribution in [0.5, 0.6) is 0 Å². The van der Waals surface area contributed by atoms with Gasteiger partial charge in [-0.3, -0.25) is 10.1 Å². The third kappa shape index (κ3) is 4.85. The molecule has 1 aliphatic heterocycles. The standard InChI is InChI=1S/C27H24BrFN4O2/c1-16-27(34)33(15-14-17-2-12-22(30)13-3-17)25(31-16)24-23(18-6-10-21(29)11-7-18)32-26(35-24)19-4-8-20(28)9-5-19/h2-13,16,25,31H,14-15,30H2,1H3/t16-,25+/m0/s1. The maximum Gasteiger partial charge on any atom is 0.241 e. The molecule has 6 nitrogen and oxygen atoms in total. The Kier molecular flexibility index (Phi) is 6.40. The number of carbonyl (C=O) groups is 1. The fourth-order valence-corrected chi connectivity index (χ4v) is 4.48. The molecule has 2 heterocycles. The van der Waals surface area contributed by atoms with Crippen LogP contribution < -0.4 is 11.1 Å². The van der Waals surface area contributed by atoms with Crippen LogP contribution in [-0.4, -0.2) is 28.4 Å². The summed E-state index contributed by atoms with van der Waals surface area (Å²) < 4.78 is 20.9. The van der Waals surface area contributed by atoms with Gasteiger partial charge in [0.1, 0.15) is 17.7 Å². The van der Waals surface area contributed by atoms with E-state index in [0.717, 1.165) is 15.6 Å². The van der Waals surface area contributed by atoms with Crippen molar-refractivity contribution in [3.8, 4) is 22.7 Å². The number of hydrogen-bond acceptors (Lipinski definition) is 5. The number of carbonyl (C=O) groups excluding carboxylic acids is 1. The third-order valence-electron chi connectivity index (χ3n) is 6.10. The molecular formula is C27H24BrFN4O2. The zero-order valence-electron chi connectivity index (χ0n) is 19.0. The highest BCUT2D eigenvalue weighted by atomic mass is 79.9. The van der Waals surface area contributed by atoms with E-state index in [0.29, 0.717) is 41.6 Å². The number of rotatable bonds is 6. The highest BCUT2D eigenvalue weighted by Gasteiger charge is 2.40. The van der Waals surface area contributed by atoms with Gasteiger partial charge in [0.25, 0.3) is 0 Å². The van der Waals surface area contributed by atoms with E-state index in [9.17, 15) is 9.18 Å². The Hall–Kier alpha value is -3.49. The molecule has 1 aliphatic rings. The fraction of sp³-hybridized carbons (Fsp3) is 0.185. The predicted octanol–water partition coefficient (Wildman–Crippen LogP) is 5.55. The summed E-state index contributed by atoms with van der Waals surface area (Å²) >= 11 is 3.45. The van der Waals surface area contributed by atoms with Crippen molar-refractivity contribution in [3.63, 3.8) is 0 Å². The van der Waals surface area contributed by atoms with Gasteiger partial charge in [-0.1, -0.05) is 28.1 Å². The van der Waals surface area contributed by atoms with Crippen molar-refractivity contribution >= 4 is 27.5 Å². The first kappa shape index (κ1) is 23.3. The molecule has 3 N–H and O–H groups in total. The minimum Gasteiger partial charge on any atom is -0.437 e. The van der Waals surface area contributed by atoms with E-state index in [1.165, 1.54) is 12.1 Å². The molecule has 0 spiro atoms. The van der Waals surface area contributed by atoms with Gasteiger partial charge in [0, 0.05) is 27.8 Å². The van der Waals surface area contributed by atoms with Crippen LogP contribution in [0.25, 0.3) is 22.7 Å². The highest BCUT2D eigenvalue weighted by molar-refractivity contribution is 9.10. The normalized spacial score (nSPS) is 17.8. The van der Waals surface area contributed by atoms with E-state index in [4.69, 9.17) is 15.1 Å². The van der Waals surface area contributed by atoms with Crippen LogP contribution in [0.1, 0.15) is 24.4 Å². The quantitative estimate of drug-likeness (QED) is 0.316. The van der Waals surface area contributed by atoms with Crippen LogP contribution in [0.4, 0.5) is 10.1 Å². The second-order valence-corrected chi connectivity index (χ2v) is 9.48. The predicted molar refractivity (Wildman–Crippen MR) is 137 cm³/mol. The molecule has 0 saturated carbocycles. The number of nitrogens with one attached hydrogen (secondary N) is 1. The van der Waals surface area contributed by atoms with Crippen molar-refractivity contribution in [2.75, 3.05) is 12.3 Å². The summed E-state index contributed by atoms with van der Waals surface area (Å²) in [7, 11) is 0. The molecule has 0 unspecified atom stereocenters. The van der Waals surface area contributed by atoms with Crippen molar-refractivity contribution in [1.82, 2.24) is 15.2 Å². The lowest BCUT2D eigenvalue weighted by Gasteiger charge is -2.23. The number of amides is 1. The number of nitrogens with two attached hydrogens (primary N) is 1. The summed E-state index contributed by atoms with van der Waals surface area (Å²) in [4.78, 5) is 19.6. The van der Waals surface area contributed by atoms with E-state index >= 15 is 0 Å². The van der Waals surface area contributed by atoms with E-state index in [1.54, 1.807) is 17.0 Å². The minimum atomic E-state index is -0.511. The van der Waals surface area contributed by atoms with Crippen molar-refractivity contribution in [3.05, 3.63) is 94.4 Å². The zero-order chi connectivity index (χ0) is 24.5. The molecule has 178 valence electrons. The van der Waals surface area contributed by atoms with Crippen LogP contribution >= 0.6 is 15.9 Å². The third-order valence-corrected chi connectivity index (χ3v) is 6.63. The molecule has 0 aliphatic carbocycles. The number of nitrogens with zero attached hydrogens (tertiary/aromatic N) is 2. The maximum absolute atomic E-state index is 13.6. The maximum atomic E-state index is 13.6. The summed E-state index contributed by atoms with van der Waals surface area (Å²) in [5.74, 6) is 0.598. The number of aromatic nitrogens is 1. The van der Waals surface area contributed by atoms with E-state index < -0.39 is 6.17 Å². The molecule has 4 aromatic rings. The molecule has 2 atom stereocenters. The summed E-state index contributed by atoms with van der Waals surface area (Å²) in [5, 5.41) is 3.35. The van der Waals surface area contributed by atoms with Crippen molar-refractivity contribution in [2.45, 2.75) is 25.6 Å². The lowest BCUT2D eigenvalue weighted by molar-refractivity contribution is -0.130. The summed E-state index contributed by atoms with van der Waals surface area (Å²) in [6.07, 6.45) is 0.152. The first-order valence-electron chi connectivity index (χ1n) is 11.3. The molecule has 1 fully saturated rings. The molecule has 35 heavy (non-hydrogen) atoms. The second-order valence-electron chi connectivity index (χ2n) is 8.56. The average molecular weight is 535 g/mol. The fourth-order valence-electron chi connectivity index (χ4n) is 4.21. The Balaban J connectivity index is 1.53. The molecule has 1 amide bonds. The number of nitrogen functional groups attached to an aromatic ring is 1. The minimum absolute atomic E-state index is 0.0166. The molecule has 1 saturated heterocycles. The van der Waals surface area contributed by atoms with Crippen LogP contribution in [-0.2, 0) is 11.2 Å². The van der Waals surface area contributed by atoms with Crippen LogP contribution in [0.3, 0.4) is 0 Å². The van der Waals surface area contributed by atoms with Crippen LogP contribution in [0, 0.1) is 5.82 Å².